The summed E-state index contributed by atoms with van der Waals surface area (Å²) in [5, 5.41) is 2.99. The number of hydrogen-bond donors (Lipinski definition) is 1. The smallest absolute Gasteiger partial charge is 0.245 e. The third-order valence-electron chi connectivity index (χ3n) is 5.86. The van der Waals surface area contributed by atoms with Crippen LogP contribution >= 0.6 is 0 Å². The molecule has 1 saturated heterocycles. The highest BCUT2D eigenvalue weighted by molar-refractivity contribution is 5.94. The van der Waals surface area contributed by atoms with Crippen molar-refractivity contribution in [2.45, 2.75) is 38.3 Å². The summed E-state index contributed by atoms with van der Waals surface area (Å²) < 4.78 is 16.2. The average molecular weight is 427 g/mol. The Kier molecular flexibility index (Phi) is 7.05. The highest BCUT2D eigenvalue weighted by Crippen LogP contribution is 2.38. The number of carbonyl (C=O) groups is 2. The van der Waals surface area contributed by atoms with Crippen LogP contribution in [0.2, 0.25) is 0 Å². The first-order valence-corrected chi connectivity index (χ1v) is 10.3. The number of rotatable bonds is 9. The van der Waals surface area contributed by atoms with Crippen LogP contribution in [-0.4, -0.2) is 50.1 Å². The zero-order chi connectivity index (χ0) is 22.4. The van der Waals surface area contributed by atoms with Crippen molar-refractivity contribution in [3.63, 3.8) is 0 Å². The molecule has 3 rings (SSSR count). The molecule has 0 spiro atoms. The van der Waals surface area contributed by atoms with Crippen LogP contribution in [0, 0.1) is 0 Å². The number of benzene rings is 2. The second-order valence-electron chi connectivity index (χ2n) is 7.77. The van der Waals surface area contributed by atoms with Crippen LogP contribution in [-0.2, 0) is 22.6 Å². The molecule has 31 heavy (non-hydrogen) atoms. The van der Waals surface area contributed by atoms with Gasteiger partial charge in [0.2, 0.25) is 17.6 Å². The molecule has 0 radical (unpaired) electrons. The molecule has 7 heteroatoms. The van der Waals surface area contributed by atoms with Crippen LogP contribution in [0.4, 0.5) is 0 Å². The first-order chi connectivity index (χ1) is 14.9. The number of carbonyl (C=O) groups excluding carboxylic acids is 2. The molecular formula is C24H30N2O5. The maximum atomic E-state index is 13.0. The summed E-state index contributed by atoms with van der Waals surface area (Å²) in [5.41, 5.74) is 1.08. The molecule has 1 N–H and O–H groups in total. The van der Waals surface area contributed by atoms with Crippen LogP contribution < -0.4 is 19.5 Å². The molecule has 7 nitrogen and oxygen atoms in total. The minimum atomic E-state index is -0.869. The molecule has 0 aromatic heterocycles. The number of amides is 2. The number of nitrogens with zero attached hydrogens (tertiary/aromatic N) is 1. The largest absolute Gasteiger partial charge is 0.493 e. The lowest BCUT2D eigenvalue weighted by molar-refractivity contribution is -0.140. The lowest BCUT2D eigenvalue weighted by Gasteiger charge is -2.34. The fourth-order valence-corrected chi connectivity index (χ4v) is 3.99. The Morgan fingerprint density at radius 2 is 1.68 bits per heavy atom. The molecule has 1 aliphatic heterocycles. The molecule has 0 bridgehead atoms. The fourth-order valence-electron chi connectivity index (χ4n) is 3.99. The van der Waals surface area contributed by atoms with Crippen LogP contribution in [0.25, 0.3) is 0 Å². The van der Waals surface area contributed by atoms with E-state index in [1.165, 1.54) is 0 Å². The summed E-state index contributed by atoms with van der Waals surface area (Å²) in [6.45, 7) is 2.70. The summed E-state index contributed by atoms with van der Waals surface area (Å²) in [6, 6.07) is 13.5. The predicted octanol–water partition coefficient (Wildman–Crippen LogP) is 2.95. The van der Waals surface area contributed by atoms with Gasteiger partial charge in [-0.1, -0.05) is 30.3 Å². The van der Waals surface area contributed by atoms with E-state index < -0.39 is 5.54 Å². The first kappa shape index (κ1) is 22.5. The summed E-state index contributed by atoms with van der Waals surface area (Å²) >= 11 is 0. The van der Waals surface area contributed by atoms with E-state index in [0.29, 0.717) is 49.6 Å². The quantitative estimate of drug-likeness (QED) is 0.667. The van der Waals surface area contributed by atoms with Crippen LogP contribution in [0.15, 0.2) is 42.5 Å². The minimum Gasteiger partial charge on any atom is -0.493 e. The molecule has 1 fully saturated rings. The van der Waals surface area contributed by atoms with Gasteiger partial charge in [-0.2, -0.15) is 0 Å². The Balaban J connectivity index is 1.72. The molecule has 0 saturated carbocycles. The molecule has 166 valence electrons. The van der Waals surface area contributed by atoms with Crippen molar-refractivity contribution in [1.29, 1.82) is 0 Å². The molecular weight excluding hydrogens is 396 g/mol. The van der Waals surface area contributed by atoms with Crippen molar-refractivity contribution in [1.82, 2.24) is 10.2 Å². The summed E-state index contributed by atoms with van der Waals surface area (Å²) in [7, 11) is 4.70. The number of nitrogens with one attached hydrogen (secondary N) is 1. The first-order valence-electron chi connectivity index (χ1n) is 10.3. The molecule has 1 atom stereocenters. The lowest BCUT2D eigenvalue weighted by Crippen LogP contribution is -2.54. The highest BCUT2D eigenvalue weighted by atomic mass is 16.5. The van der Waals surface area contributed by atoms with E-state index in [2.05, 4.69) is 5.32 Å². The SMILES string of the molecule is COc1cc(CCN2C(=O)CCC2(C)C(=O)NCc2ccccc2)cc(OC)c1OC. The van der Waals surface area contributed by atoms with Crippen molar-refractivity contribution in [3.8, 4) is 17.2 Å². The third kappa shape index (κ3) is 4.76. The maximum Gasteiger partial charge on any atom is 0.245 e. The van der Waals surface area contributed by atoms with Crippen molar-refractivity contribution >= 4 is 11.8 Å². The van der Waals surface area contributed by atoms with E-state index in [0.717, 1.165) is 11.1 Å². The Hall–Kier alpha value is -3.22. The van der Waals surface area contributed by atoms with Gasteiger partial charge in [-0.15, -0.1) is 0 Å². The van der Waals surface area contributed by atoms with Gasteiger partial charge in [-0.25, -0.2) is 0 Å². The predicted molar refractivity (Wildman–Crippen MR) is 117 cm³/mol. The Morgan fingerprint density at radius 3 is 2.26 bits per heavy atom. The van der Waals surface area contributed by atoms with Crippen LogP contribution in [0.3, 0.4) is 0 Å². The molecule has 2 aromatic carbocycles. The zero-order valence-electron chi connectivity index (χ0n) is 18.6. The van der Waals surface area contributed by atoms with Gasteiger partial charge >= 0.3 is 0 Å². The van der Waals surface area contributed by atoms with Gasteiger partial charge < -0.3 is 24.4 Å². The second-order valence-corrected chi connectivity index (χ2v) is 7.77. The van der Waals surface area contributed by atoms with Crippen LogP contribution in [0.5, 0.6) is 17.2 Å². The van der Waals surface area contributed by atoms with Crippen molar-refractivity contribution in [2.24, 2.45) is 0 Å². The molecule has 0 aliphatic carbocycles. The van der Waals surface area contributed by atoms with Gasteiger partial charge in [0.05, 0.1) is 21.3 Å². The van der Waals surface area contributed by atoms with Gasteiger partial charge in [0.25, 0.3) is 0 Å². The van der Waals surface area contributed by atoms with Crippen molar-refractivity contribution in [3.05, 3.63) is 53.6 Å². The van der Waals surface area contributed by atoms with E-state index >= 15 is 0 Å². The summed E-state index contributed by atoms with van der Waals surface area (Å²) in [5.74, 6) is 1.51. The molecule has 1 unspecified atom stereocenters. The lowest BCUT2D eigenvalue weighted by atomic mass is 9.97. The zero-order valence-corrected chi connectivity index (χ0v) is 18.6. The van der Waals surface area contributed by atoms with Crippen molar-refractivity contribution < 1.29 is 23.8 Å². The van der Waals surface area contributed by atoms with E-state index in [-0.39, 0.29) is 11.8 Å². The van der Waals surface area contributed by atoms with E-state index in [1.54, 1.807) is 26.2 Å². The number of hydrogen-bond acceptors (Lipinski definition) is 5. The molecule has 1 heterocycles. The van der Waals surface area contributed by atoms with Gasteiger partial charge in [0, 0.05) is 19.5 Å². The highest BCUT2D eigenvalue weighted by Gasteiger charge is 2.46. The van der Waals surface area contributed by atoms with Gasteiger partial charge in [-0.05, 0) is 43.0 Å². The normalized spacial score (nSPS) is 18.1. The average Bonchev–Trinajstić information content (AvgIpc) is 3.10. The van der Waals surface area contributed by atoms with E-state index in [4.69, 9.17) is 14.2 Å². The van der Waals surface area contributed by atoms with Gasteiger partial charge in [-0.3, -0.25) is 9.59 Å². The minimum absolute atomic E-state index is 0.00944. The Morgan fingerprint density at radius 1 is 1.03 bits per heavy atom. The van der Waals surface area contributed by atoms with Gasteiger partial charge in [0.1, 0.15) is 5.54 Å². The van der Waals surface area contributed by atoms with Crippen LogP contribution in [0.1, 0.15) is 30.9 Å². The topological polar surface area (TPSA) is 77.1 Å². The number of likely N-dealkylation sites (tertiary alicyclic amines) is 1. The second kappa shape index (κ2) is 9.73. The summed E-state index contributed by atoms with van der Waals surface area (Å²) in [6.07, 6.45) is 1.43. The van der Waals surface area contributed by atoms with Crippen molar-refractivity contribution in [2.75, 3.05) is 27.9 Å². The van der Waals surface area contributed by atoms with Gasteiger partial charge in [0.15, 0.2) is 11.5 Å². The summed E-state index contributed by atoms with van der Waals surface area (Å²) in [4.78, 5) is 27.3. The fraction of sp³-hybridized carbons (Fsp3) is 0.417. The monoisotopic (exact) mass is 426 g/mol. The standard InChI is InChI=1S/C24H30N2O5/c1-24(23(28)25-16-17-8-6-5-7-9-17)12-10-21(27)26(24)13-11-18-14-19(29-2)22(31-4)20(15-18)30-3/h5-9,14-15H,10-13,16H2,1-4H3,(H,25,28). The maximum absolute atomic E-state index is 13.0. The molecule has 2 amide bonds. The molecule has 1 aliphatic rings. The van der Waals surface area contributed by atoms with E-state index in [1.807, 2.05) is 49.4 Å². The number of ether oxygens (including phenoxy) is 3. The number of methoxy groups -OCH3 is 3. The molecule has 2 aromatic rings. The Bertz CT molecular complexity index is 906. The van der Waals surface area contributed by atoms with E-state index in [9.17, 15) is 9.59 Å². The third-order valence-corrected chi connectivity index (χ3v) is 5.86. The Labute approximate surface area is 183 Å².